The second-order valence-electron chi connectivity index (χ2n) is 6.42. The van der Waals surface area contributed by atoms with Gasteiger partial charge in [-0.25, -0.2) is 0 Å². The second kappa shape index (κ2) is 4.54. The Bertz CT molecular complexity index is 542. The summed E-state index contributed by atoms with van der Waals surface area (Å²) in [6.45, 7) is 2.88. The lowest BCUT2D eigenvalue weighted by Crippen LogP contribution is -2.46. The van der Waals surface area contributed by atoms with Crippen molar-refractivity contribution in [3.8, 4) is 6.07 Å². The molecule has 2 heterocycles. The summed E-state index contributed by atoms with van der Waals surface area (Å²) in [6.07, 6.45) is 7.33. The van der Waals surface area contributed by atoms with Crippen LogP contribution >= 0.6 is 0 Å². The van der Waals surface area contributed by atoms with Gasteiger partial charge in [-0.15, -0.1) is 10.2 Å². The van der Waals surface area contributed by atoms with E-state index in [1.165, 1.54) is 12.8 Å². The highest BCUT2D eigenvalue weighted by Crippen LogP contribution is 2.36. The molecule has 0 aromatic carbocycles. The standard InChI is InChI=1S/C14H20N6/c15-9-14(17-11-1-2-11)4-3-12(7-14)19-5-6-20-10-16-18-13(20)8-19/h10-12,17H,1-8H2. The molecular weight excluding hydrogens is 252 g/mol. The second-order valence-corrected chi connectivity index (χ2v) is 6.42. The van der Waals surface area contributed by atoms with Crippen molar-refractivity contribution in [1.29, 1.82) is 5.26 Å². The first kappa shape index (κ1) is 12.3. The van der Waals surface area contributed by atoms with Crippen molar-refractivity contribution >= 4 is 0 Å². The first-order valence-electron chi connectivity index (χ1n) is 7.58. The number of rotatable bonds is 3. The molecule has 0 radical (unpaired) electrons. The highest BCUT2D eigenvalue weighted by atomic mass is 15.3. The van der Waals surface area contributed by atoms with Crippen LogP contribution in [0.3, 0.4) is 0 Å². The Hall–Kier alpha value is -1.45. The van der Waals surface area contributed by atoms with Gasteiger partial charge in [-0.1, -0.05) is 0 Å². The number of hydrogen-bond donors (Lipinski definition) is 1. The fourth-order valence-corrected chi connectivity index (χ4v) is 3.61. The number of aromatic nitrogens is 3. The molecule has 0 bridgehead atoms. The van der Waals surface area contributed by atoms with E-state index in [9.17, 15) is 5.26 Å². The van der Waals surface area contributed by atoms with Crippen LogP contribution in [0.5, 0.6) is 0 Å². The van der Waals surface area contributed by atoms with Crippen LogP contribution in [-0.4, -0.2) is 43.8 Å². The van der Waals surface area contributed by atoms with Crippen molar-refractivity contribution in [2.75, 3.05) is 6.54 Å². The normalized spacial score (nSPS) is 33.9. The maximum atomic E-state index is 9.58. The molecule has 106 valence electrons. The van der Waals surface area contributed by atoms with Gasteiger partial charge in [-0.05, 0) is 32.1 Å². The quantitative estimate of drug-likeness (QED) is 0.875. The van der Waals surface area contributed by atoms with Crippen molar-refractivity contribution in [3.63, 3.8) is 0 Å². The topological polar surface area (TPSA) is 69.8 Å². The van der Waals surface area contributed by atoms with E-state index in [4.69, 9.17) is 0 Å². The van der Waals surface area contributed by atoms with E-state index in [-0.39, 0.29) is 5.54 Å². The van der Waals surface area contributed by atoms with Crippen LogP contribution in [0.25, 0.3) is 0 Å². The molecule has 20 heavy (non-hydrogen) atoms. The molecule has 1 aromatic heterocycles. The molecule has 2 unspecified atom stereocenters. The largest absolute Gasteiger partial charge is 0.315 e. The molecule has 1 N–H and O–H groups in total. The van der Waals surface area contributed by atoms with Crippen molar-refractivity contribution in [2.45, 2.75) is 62.8 Å². The summed E-state index contributed by atoms with van der Waals surface area (Å²) in [5.41, 5.74) is -0.281. The highest BCUT2D eigenvalue weighted by Gasteiger charge is 2.44. The van der Waals surface area contributed by atoms with Crippen LogP contribution in [0.15, 0.2) is 6.33 Å². The zero-order valence-corrected chi connectivity index (χ0v) is 11.6. The molecule has 6 nitrogen and oxygen atoms in total. The fraction of sp³-hybridized carbons (Fsp3) is 0.786. The Morgan fingerprint density at radius 3 is 3.05 bits per heavy atom. The predicted octanol–water partition coefficient (Wildman–Crippen LogP) is 0.661. The third-order valence-corrected chi connectivity index (χ3v) is 4.94. The molecule has 0 spiro atoms. The maximum Gasteiger partial charge on any atom is 0.147 e. The number of nitrogens with one attached hydrogen (secondary N) is 1. The molecule has 0 amide bonds. The average molecular weight is 272 g/mol. The first-order chi connectivity index (χ1) is 9.78. The van der Waals surface area contributed by atoms with Crippen molar-refractivity contribution in [2.24, 2.45) is 0 Å². The number of nitrogens with zero attached hydrogens (tertiary/aromatic N) is 5. The minimum atomic E-state index is -0.281. The van der Waals surface area contributed by atoms with E-state index in [0.29, 0.717) is 12.1 Å². The van der Waals surface area contributed by atoms with E-state index in [2.05, 4.69) is 31.1 Å². The van der Waals surface area contributed by atoms with Gasteiger partial charge in [-0.3, -0.25) is 10.2 Å². The van der Waals surface area contributed by atoms with Crippen molar-refractivity contribution in [3.05, 3.63) is 12.2 Å². The van der Waals surface area contributed by atoms with Gasteiger partial charge >= 0.3 is 0 Å². The van der Waals surface area contributed by atoms with Crippen LogP contribution in [0.1, 0.15) is 37.9 Å². The fourth-order valence-electron chi connectivity index (χ4n) is 3.61. The van der Waals surface area contributed by atoms with Crippen molar-refractivity contribution < 1.29 is 0 Å². The van der Waals surface area contributed by atoms with Gasteiger partial charge in [0, 0.05) is 25.2 Å². The molecule has 2 aliphatic carbocycles. The van der Waals surface area contributed by atoms with E-state index in [1.54, 1.807) is 0 Å². The van der Waals surface area contributed by atoms with Gasteiger partial charge in [-0.2, -0.15) is 5.26 Å². The number of fused-ring (bicyclic) bond motifs is 1. The van der Waals surface area contributed by atoms with Gasteiger partial charge in [0.2, 0.25) is 0 Å². The summed E-state index contributed by atoms with van der Waals surface area (Å²) in [5.74, 6) is 1.06. The third-order valence-electron chi connectivity index (χ3n) is 4.94. The molecule has 3 aliphatic rings. The van der Waals surface area contributed by atoms with Gasteiger partial charge in [0.05, 0.1) is 12.6 Å². The maximum absolute atomic E-state index is 9.58. The summed E-state index contributed by atoms with van der Waals surface area (Å²) in [6, 6.07) is 3.66. The number of nitriles is 1. The van der Waals surface area contributed by atoms with Gasteiger partial charge < -0.3 is 4.57 Å². The average Bonchev–Trinajstić information content (AvgIpc) is 3.01. The Labute approximate surface area is 118 Å². The molecule has 6 heteroatoms. The SMILES string of the molecule is N#CC1(NC2CC2)CCC(N2CCn3cnnc3C2)C1. The van der Waals surface area contributed by atoms with E-state index >= 15 is 0 Å². The molecule has 1 aromatic rings. The van der Waals surface area contributed by atoms with Crippen LogP contribution < -0.4 is 5.32 Å². The Morgan fingerprint density at radius 2 is 2.25 bits per heavy atom. The highest BCUT2D eigenvalue weighted by molar-refractivity contribution is 5.15. The lowest BCUT2D eigenvalue weighted by Gasteiger charge is -2.33. The van der Waals surface area contributed by atoms with Crippen LogP contribution in [-0.2, 0) is 13.1 Å². The lowest BCUT2D eigenvalue weighted by molar-refractivity contribution is 0.149. The van der Waals surface area contributed by atoms with Gasteiger partial charge in [0.1, 0.15) is 17.7 Å². The first-order valence-corrected chi connectivity index (χ1v) is 7.58. The predicted molar refractivity (Wildman–Crippen MR) is 72.6 cm³/mol. The van der Waals surface area contributed by atoms with Crippen molar-refractivity contribution in [1.82, 2.24) is 25.0 Å². The monoisotopic (exact) mass is 272 g/mol. The minimum Gasteiger partial charge on any atom is -0.315 e. The lowest BCUT2D eigenvalue weighted by atomic mass is 9.99. The van der Waals surface area contributed by atoms with E-state index < -0.39 is 0 Å². The minimum absolute atomic E-state index is 0.281. The Morgan fingerprint density at radius 1 is 1.35 bits per heavy atom. The summed E-state index contributed by atoms with van der Waals surface area (Å²) in [4.78, 5) is 2.48. The zero-order valence-electron chi connectivity index (χ0n) is 11.6. The number of hydrogen-bond acceptors (Lipinski definition) is 5. The summed E-state index contributed by atoms with van der Waals surface area (Å²) in [7, 11) is 0. The summed E-state index contributed by atoms with van der Waals surface area (Å²) in [5, 5.41) is 21.3. The van der Waals surface area contributed by atoms with Crippen LogP contribution in [0, 0.1) is 11.3 Å². The van der Waals surface area contributed by atoms with E-state index in [0.717, 1.165) is 44.7 Å². The Balaban J connectivity index is 1.44. The smallest absolute Gasteiger partial charge is 0.147 e. The Kier molecular flexibility index (Phi) is 2.79. The molecule has 2 atom stereocenters. The van der Waals surface area contributed by atoms with Gasteiger partial charge in [0.25, 0.3) is 0 Å². The van der Waals surface area contributed by atoms with Crippen LogP contribution in [0.4, 0.5) is 0 Å². The molecule has 2 saturated carbocycles. The van der Waals surface area contributed by atoms with Gasteiger partial charge in [0.15, 0.2) is 0 Å². The van der Waals surface area contributed by atoms with E-state index in [1.807, 2.05) is 6.33 Å². The zero-order chi connectivity index (χ0) is 13.6. The molecule has 2 fully saturated rings. The third kappa shape index (κ3) is 2.11. The summed E-state index contributed by atoms with van der Waals surface area (Å²) >= 11 is 0. The summed E-state index contributed by atoms with van der Waals surface area (Å²) < 4.78 is 2.13. The molecule has 4 rings (SSSR count). The molecule has 1 aliphatic heterocycles. The van der Waals surface area contributed by atoms with Crippen LogP contribution in [0.2, 0.25) is 0 Å². The molecule has 0 saturated heterocycles. The molecular formula is C14H20N6.